The van der Waals surface area contributed by atoms with Crippen molar-refractivity contribution in [3.05, 3.63) is 22.4 Å². The van der Waals surface area contributed by atoms with Gasteiger partial charge in [-0.1, -0.05) is 0 Å². The Morgan fingerprint density at radius 3 is 2.71 bits per heavy atom. The maximum absolute atomic E-state index is 11.3. The Morgan fingerprint density at radius 2 is 2.29 bits per heavy atom. The van der Waals surface area contributed by atoms with Crippen molar-refractivity contribution in [1.29, 1.82) is 0 Å². The second kappa shape index (κ2) is 4.73. The van der Waals surface area contributed by atoms with Crippen molar-refractivity contribution in [3.8, 4) is 0 Å². The van der Waals surface area contributed by atoms with E-state index in [0.29, 0.717) is 5.56 Å². The third-order valence-corrected chi connectivity index (χ3v) is 2.25. The zero-order chi connectivity index (χ0) is 10.6. The molecule has 0 spiro atoms. The van der Waals surface area contributed by atoms with Crippen LogP contribution in [-0.4, -0.2) is 34.7 Å². The molecule has 0 radical (unpaired) electrons. The van der Waals surface area contributed by atoms with Crippen LogP contribution in [0.15, 0.2) is 16.8 Å². The van der Waals surface area contributed by atoms with Gasteiger partial charge in [0.05, 0.1) is 12.2 Å². The SMILES string of the molecule is O=C(N[C@@H](CO)C(=O)O)c1ccsc1. The van der Waals surface area contributed by atoms with Crippen molar-refractivity contribution in [3.63, 3.8) is 0 Å². The van der Waals surface area contributed by atoms with Gasteiger partial charge in [-0.2, -0.15) is 11.3 Å². The highest BCUT2D eigenvalue weighted by atomic mass is 32.1. The lowest BCUT2D eigenvalue weighted by Crippen LogP contribution is -2.43. The summed E-state index contributed by atoms with van der Waals surface area (Å²) in [5, 5.41) is 22.7. The molecule has 0 aromatic carbocycles. The van der Waals surface area contributed by atoms with Crippen LogP contribution in [0.3, 0.4) is 0 Å². The Balaban J connectivity index is 2.60. The van der Waals surface area contributed by atoms with E-state index in [1.165, 1.54) is 11.3 Å². The number of thiophene rings is 1. The van der Waals surface area contributed by atoms with Gasteiger partial charge in [0.25, 0.3) is 5.91 Å². The minimum absolute atomic E-state index is 0.398. The molecule has 1 atom stereocenters. The van der Waals surface area contributed by atoms with Crippen LogP contribution in [0, 0.1) is 0 Å². The minimum Gasteiger partial charge on any atom is -0.480 e. The van der Waals surface area contributed by atoms with E-state index in [4.69, 9.17) is 10.2 Å². The lowest BCUT2D eigenvalue weighted by molar-refractivity contribution is -0.140. The van der Waals surface area contributed by atoms with E-state index in [1.54, 1.807) is 16.8 Å². The summed E-state index contributed by atoms with van der Waals surface area (Å²) in [4.78, 5) is 21.8. The average molecular weight is 215 g/mol. The van der Waals surface area contributed by atoms with Crippen molar-refractivity contribution in [2.24, 2.45) is 0 Å². The molecule has 0 unspecified atom stereocenters. The summed E-state index contributed by atoms with van der Waals surface area (Å²) in [6.07, 6.45) is 0. The van der Waals surface area contributed by atoms with E-state index >= 15 is 0 Å². The third kappa shape index (κ3) is 2.54. The number of rotatable bonds is 4. The van der Waals surface area contributed by atoms with Crippen LogP contribution in [0.5, 0.6) is 0 Å². The normalized spacial score (nSPS) is 12.1. The second-order valence-corrected chi connectivity index (χ2v) is 3.34. The zero-order valence-electron chi connectivity index (χ0n) is 7.14. The summed E-state index contributed by atoms with van der Waals surface area (Å²) in [6.45, 7) is -0.620. The molecule has 76 valence electrons. The standard InChI is InChI=1S/C8H9NO4S/c10-3-6(8(12)13)9-7(11)5-1-2-14-4-5/h1-2,4,6,10H,3H2,(H,9,11)(H,12,13)/t6-/m0/s1. The van der Waals surface area contributed by atoms with Gasteiger partial charge in [-0.25, -0.2) is 4.79 Å². The van der Waals surface area contributed by atoms with Gasteiger partial charge in [-0.3, -0.25) is 4.79 Å². The summed E-state index contributed by atoms with van der Waals surface area (Å²) in [5.74, 6) is -1.75. The Hall–Kier alpha value is -1.40. The number of amides is 1. The number of aliphatic carboxylic acids is 1. The smallest absolute Gasteiger partial charge is 0.328 e. The number of carboxylic acid groups (broad SMARTS) is 1. The van der Waals surface area contributed by atoms with Gasteiger partial charge in [0.2, 0.25) is 0 Å². The van der Waals surface area contributed by atoms with Crippen LogP contribution < -0.4 is 5.32 Å². The van der Waals surface area contributed by atoms with Gasteiger partial charge >= 0.3 is 5.97 Å². The topological polar surface area (TPSA) is 86.6 Å². The molecular weight excluding hydrogens is 206 g/mol. The van der Waals surface area contributed by atoms with Crippen molar-refractivity contribution in [1.82, 2.24) is 5.32 Å². The summed E-state index contributed by atoms with van der Waals surface area (Å²) < 4.78 is 0. The lowest BCUT2D eigenvalue weighted by atomic mass is 10.2. The predicted molar refractivity (Wildman–Crippen MR) is 50.3 cm³/mol. The monoisotopic (exact) mass is 215 g/mol. The van der Waals surface area contributed by atoms with Crippen molar-refractivity contribution in [2.45, 2.75) is 6.04 Å². The third-order valence-electron chi connectivity index (χ3n) is 1.57. The van der Waals surface area contributed by atoms with Gasteiger partial charge in [0.1, 0.15) is 0 Å². The second-order valence-electron chi connectivity index (χ2n) is 2.56. The first-order valence-electron chi connectivity index (χ1n) is 3.82. The van der Waals surface area contributed by atoms with Crippen LogP contribution in [-0.2, 0) is 4.79 Å². The number of hydrogen-bond acceptors (Lipinski definition) is 4. The van der Waals surface area contributed by atoms with E-state index in [2.05, 4.69) is 5.32 Å². The molecule has 0 aliphatic rings. The summed E-state index contributed by atoms with van der Waals surface area (Å²) in [7, 11) is 0. The fraction of sp³-hybridized carbons (Fsp3) is 0.250. The molecule has 0 saturated carbocycles. The molecule has 0 saturated heterocycles. The number of carbonyl (C=O) groups is 2. The molecule has 5 nitrogen and oxygen atoms in total. The van der Waals surface area contributed by atoms with E-state index in [1.807, 2.05) is 0 Å². The van der Waals surface area contributed by atoms with Gasteiger partial charge in [-0.15, -0.1) is 0 Å². The molecule has 3 N–H and O–H groups in total. The Morgan fingerprint density at radius 1 is 1.57 bits per heavy atom. The number of carboxylic acids is 1. The fourth-order valence-corrected chi connectivity index (χ4v) is 1.46. The highest BCUT2D eigenvalue weighted by Gasteiger charge is 2.19. The fourth-order valence-electron chi connectivity index (χ4n) is 0.821. The molecule has 0 aliphatic heterocycles. The first-order valence-corrected chi connectivity index (χ1v) is 4.76. The predicted octanol–water partition coefficient (Wildman–Crippen LogP) is -0.0766. The molecule has 14 heavy (non-hydrogen) atoms. The van der Waals surface area contributed by atoms with Crippen molar-refractivity contribution >= 4 is 23.2 Å². The summed E-state index contributed by atoms with van der Waals surface area (Å²) >= 11 is 1.34. The van der Waals surface area contributed by atoms with E-state index in [9.17, 15) is 9.59 Å². The molecule has 0 bridgehead atoms. The summed E-state index contributed by atoms with van der Waals surface area (Å²) in [5.41, 5.74) is 0.398. The number of nitrogens with one attached hydrogen (secondary N) is 1. The van der Waals surface area contributed by atoms with E-state index in [0.717, 1.165) is 0 Å². The first-order chi connectivity index (χ1) is 6.65. The minimum atomic E-state index is -1.25. The number of carbonyl (C=O) groups excluding carboxylic acids is 1. The Kier molecular flexibility index (Phi) is 3.61. The molecule has 0 fully saturated rings. The largest absolute Gasteiger partial charge is 0.480 e. The Labute approximate surface area is 84.0 Å². The van der Waals surface area contributed by atoms with E-state index in [-0.39, 0.29) is 0 Å². The maximum atomic E-state index is 11.3. The molecular formula is C8H9NO4S. The quantitative estimate of drug-likeness (QED) is 0.655. The number of aliphatic hydroxyl groups is 1. The highest BCUT2D eigenvalue weighted by molar-refractivity contribution is 7.08. The van der Waals surface area contributed by atoms with Crippen LogP contribution in [0.2, 0.25) is 0 Å². The van der Waals surface area contributed by atoms with Gasteiger partial charge in [0.15, 0.2) is 6.04 Å². The molecule has 1 amide bonds. The molecule has 0 aliphatic carbocycles. The molecule has 1 rings (SSSR count). The highest BCUT2D eigenvalue weighted by Crippen LogP contribution is 2.05. The van der Waals surface area contributed by atoms with Crippen molar-refractivity contribution in [2.75, 3.05) is 6.61 Å². The van der Waals surface area contributed by atoms with Crippen LogP contribution in [0.25, 0.3) is 0 Å². The average Bonchev–Trinajstić information content (AvgIpc) is 2.65. The van der Waals surface area contributed by atoms with Crippen LogP contribution in [0.4, 0.5) is 0 Å². The van der Waals surface area contributed by atoms with Crippen molar-refractivity contribution < 1.29 is 19.8 Å². The lowest BCUT2D eigenvalue weighted by Gasteiger charge is -2.10. The summed E-state index contributed by atoms with van der Waals surface area (Å²) in [6, 6.07) is 0.332. The van der Waals surface area contributed by atoms with Gasteiger partial charge < -0.3 is 15.5 Å². The maximum Gasteiger partial charge on any atom is 0.328 e. The van der Waals surface area contributed by atoms with Gasteiger partial charge in [-0.05, 0) is 11.4 Å². The van der Waals surface area contributed by atoms with Gasteiger partial charge in [0, 0.05) is 5.38 Å². The molecule has 6 heteroatoms. The zero-order valence-corrected chi connectivity index (χ0v) is 7.95. The number of hydrogen-bond donors (Lipinski definition) is 3. The molecule has 1 aromatic rings. The first kappa shape index (κ1) is 10.7. The van der Waals surface area contributed by atoms with E-state index < -0.39 is 24.5 Å². The van der Waals surface area contributed by atoms with Crippen LogP contribution in [0.1, 0.15) is 10.4 Å². The number of aliphatic hydroxyl groups excluding tert-OH is 1. The molecule has 1 heterocycles. The molecule has 1 aromatic heterocycles. The Bertz CT molecular complexity index is 322. The van der Waals surface area contributed by atoms with Crippen LogP contribution >= 0.6 is 11.3 Å².